The van der Waals surface area contributed by atoms with Gasteiger partial charge in [-0.1, -0.05) is 51.7 Å². The number of anilines is 1. The molecule has 2 heterocycles. The Kier molecular flexibility index (Phi) is 6.77. The number of carbonyl (C=O) groups excluding carboxylic acids is 1. The Morgan fingerprint density at radius 3 is 2.52 bits per heavy atom. The highest BCUT2D eigenvalue weighted by Crippen LogP contribution is 2.32. The first-order chi connectivity index (χ1) is 15.0. The molecule has 0 radical (unpaired) electrons. The van der Waals surface area contributed by atoms with Gasteiger partial charge in [-0.3, -0.25) is 4.79 Å². The second-order valence-electron chi connectivity index (χ2n) is 6.27. The van der Waals surface area contributed by atoms with Gasteiger partial charge in [-0.25, -0.2) is 9.97 Å². The smallest absolute Gasteiger partial charge is 0.234 e. The molecule has 6 nitrogen and oxygen atoms in total. The standard InChI is InChI=1S/C21H13Cl3N4O2S/c22-12-1-4-14(5-2-12)26-20(29)11-31-21-25-8-7-17(27-21)19-10-18(28-30-19)15-6-3-13(23)9-16(15)24/h1-10H,11H2,(H,26,29). The third kappa shape index (κ3) is 5.57. The highest BCUT2D eigenvalue weighted by molar-refractivity contribution is 7.99. The fourth-order valence-electron chi connectivity index (χ4n) is 2.63. The highest BCUT2D eigenvalue weighted by atomic mass is 35.5. The predicted octanol–water partition coefficient (Wildman–Crippen LogP) is 6.49. The van der Waals surface area contributed by atoms with E-state index in [0.717, 1.165) is 0 Å². The summed E-state index contributed by atoms with van der Waals surface area (Å²) in [7, 11) is 0. The summed E-state index contributed by atoms with van der Waals surface area (Å²) < 4.78 is 5.43. The number of hydrogen-bond acceptors (Lipinski definition) is 6. The molecule has 0 spiro atoms. The number of rotatable bonds is 6. The zero-order chi connectivity index (χ0) is 21.8. The van der Waals surface area contributed by atoms with E-state index in [1.165, 1.54) is 11.8 Å². The lowest BCUT2D eigenvalue weighted by Gasteiger charge is -2.05. The fourth-order valence-corrected chi connectivity index (χ4v) is 3.89. The first-order valence-electron chi connectivity index (χ1n) is 8.92. The maximum atomic E-state index is 12.2. The Bertz CT molecular complexity index is 1230. The molecule has 2 aromatic carbocycles. The van der Waals surface area contributed by atoms with Crippen LogP contribution in [0, 0.1) is 0 Å². The minimum absolute atomic E-state index is 0.147. The lowest BCUT2D eigenvalue weighted by atomic mass is 10.1. The number of hydrogen-bond donors (Lipinski definition) is 1. The molecule has 0 fully saturated rings. The van der Waals surface area contributed by atoms with E-state index in [-0.39, 0.29) is 11.7 Å². The molecule has 1 amide bonds. The summed E-state index contributed by atoms with van der Waals surface area (Å²) in [6.45, 7) is 0. The molecule has 1 N–H and O–H groups in total. The average Bonchev–Trinajstić information content (AvgIpc) is 3.24. The second kappa shape index (κ2) is 9.70. The Morgan fingerprint density at radius 2 is 1.74 bits per heavy atom. The molecule has 0 unspecified atom stereocenters. The number of halogens is 3. The van der Waals surface area contributed by atoms with E-state index in [0.29, 0.717) is 48.6 Å². The van der Waals surface area contributed by atoms with Crippen molar-refractivity contribution in [2.24, 2.45) is 0 Å². The topological polar surface area (TPSA) is 80.9 Å². The SMILES string of the molecule is O=C(CSc1nccc(-c2cc(-c3ccc(Cl)cc3Cl)no2)n1)Nc1ccc(Cl)cc1. The molecule has 2 aromatic heterocycles. The molecule has 156 valence electrons. The Hall–Kier alpha value is -2.58. The van der Waals surface area contributed by atoms with Crippen molar-refractivity contribution in [2.75, 3.05) is 11.1 Å². The van der Waals surface area contributed by atoms with Crippen LogP contribution < -0.4 is 5.32 Å². The van der Waals surface area contributed by atoms with E-state index in [4.69, 9.17) is 39.3 Å². The quantitative estimate of drug-likeness (QED) is 0.245. The summed E-state index contributed by atoms with van der Waals surface area (Å²) in [4.78, 5) is 20.8. The summed E-state index contributed by atoms with van der Waals surface area (Å²) in [5.41, 5.74) is 2.47. The van der Waals surface area contributed by atoms with Gasteiger partial charge in [-0.2, -0.15) is 0 Å². The molecule has 0 aliphatic rings. The van der Waals surface area contributed by atoms with E-state index in [2.05, 4.69) is 20.4 Å². The van der Waals surface area contributed by atoms with E-state index < -0.39 is 0 Å². The monoisotopic (exact) mass is 490 g/mol. The molecule has 4 rings (SSSR count). The van der Waals surface area contributed by atoms with E-state index in [9.17, 15) is 4.79 Å². The number of benzene rings is 2. The lowest BCUT2D eigenvalue weighted by molar-refractivity contribution is -0.113. The summed E-state index contributed by atoms with van der Waals surface area (Å²) in [6, 6.07) is 15.5. The number of thioether (sulfide) groups is 1. The van der Waals surface area contributed by atoms with Crippen LogP contribution in [0.1, 0.15) is 0 Å². The number of amides is 1. The molecule has 0 saturated heterocycles. The van der Waals surface area contributed by atoms with Crippen LogP contribution in [0.5, 0.6) is 0 Å². The van der Waals surface area contributed by atoms with Crippen molar-refractivity contribution in [3.05, 3.63) is 75.9 Å². The Balaban J connectivity index is 1.43. The third-order valence-electron chi connectivity index (χ3n) is 4.06. The maximum absolute atomic E-state index is 12.2. The number of nitrogens with one attached hydrogen (secondary N) is 1. The van der Waals surface area contributed by atoms with Gasteiger partial charge in [0, 0.05) is 33.6 Å². The van der Waals surface area contributed by atoms with Gasteiger partial charge in [-0.05, 0) is 48.5 Å². The molecule has 31 heavy (non-hydrogen) atoms. The third-order valence-corrected chi connectivity index (χ3v) is 5.72. The van der Waals surface area contributed by atoms with Crippen molar-refractivity contribution in [3.63, 3.8) is 0 Å². The van der Waals surface area contributed by atoms with Gasteiger partial charge in [0.15, 0.2) is 10.9 Å². The largest absolute Gasteiger partial charge is 0.354 e. The fraction of sp³-hybridized carbons (Fsp3) is 0.0476. The van der Waals surface area contributed by atoms with Gasteiger partial charge >= 0.3 is 0 Å². The molecule has 0 aliphatic carbocycles. The van der Waals surface area contributed by atoms with Gasteiger partial charge < -0.3 is 9.84 Å². The second-order valence-corrected chi connectivity index (χ2v) is 8.49. The van der Waals surface area contributed by atoms with Crippen molar-refractivity contribution in [3.8, 4) is 22.7 Å². The van der Waals surface area contributed by atoms with Crippen LogP contribution in [0.3, 0.4) is 0 Å². The van der Waals surface area contributed by atoms with Crippen LogP contribution in [0.25, 0.3) is 22.7 Å². The van der Waals surface area contributed by atoms with Crippen molar-refractivity contribution < 1.29 is 9.32 Å². The van der Waals surface area contributed by atoms with E-state index >= 15 is 0 Å². The first-order valence-corrected chi connectivity index (χ1v) is 11.0. The maximum Gasteiger partial charge on any atom is 0.234 e. The van der Waals surface area contributed by atoms with E-state index in [1.54, 1.807) is 60.8 Å². The molecule has 0 saturated carbocycles. The minimum Gasteiger partial charge on any atom is -0.354 e. The average molecular weight is 492 g/mol. The molecule has 10 heteroatoms. The lowest BCUT2D eigenvalue weighted by Crippen LogP contribution is -2.14. The van der Waals surface area contributed by atoms with Gasteiger partial charge in [0.05, 0.1) is 10.8 Å². The van der Waals surface area contributed by atoms with Gasteiger partial charge in [0.25, 0.3) is 0 Å². The normalized spacial score (nSPS) is 10.8. The molecule has 0 bridgehead atoms. The first kappa shape index (κ1) is 21.6. The van der Waals surface area contributed by atoms with Crippen LogP contribution in [0.4, 0.5) is 5.69 Å². The number of nitrogens with zero attached hydrogens (tertiary/aromatic N) is 3. The molecule has 4 aromatic rings. The predicted molar refractivity (Wildman–Crippen MR) is 124 cm³/mol. The van der Waals surface area contributed by atoms with Crippen LogP contribution >= 0.6 is 46.6 Å². The molecule has 0 aliphatic heterocycles. The van der Waals surface area contributed by atoms with Crippen molar-refractivity contribution in [2.45, 2.75) is 5.16 Å². The number of aromatic nitrogens is 3. The van der Waals surface area contributed by atoms with Crippen molar-refractivity contribution in [1.29, 1.82) is 0 Å². The van der Waals surface area contributed by atoms with Gasteiger partial charge in [0.2, 0.25) is 5.91 Å². The molecule has 0 atom stereocenters. The minimum atomic E-state index is -0.180. The van der Waals surface area contributed by atoms with Crippen molar-refractivity contribution >= 4 is 58.2 Å². The molecular formula is C21H13Cl3N4O2S. The summed E-state index contributed by atoms with van der Waals surface area (Å²) in [5.74, 6) is 0.422. The van der Waals surface area contributed by atoms with Crippen LogP contribution in [0.2, 0.25) is 15.1 Å². The van der Waals surface area contributed by atoms with Crippen LogP contribution in [-0.2, 0) is 4.79 Å². The summed E-state index contributed by atoms with van der Waals surface area (Å²) >= 11 is 19.2. The van der Waals surface area contributed by atoms with Gasteiger partial charge in [-0.15, -0.1) is 0 Å². The summed E-state index contributed by atoms with van der Waals surface area (Å²) in [5, 5.41) is 8.91. The van der Waals surface area contributed by atoms with Gasteiger partial charge in [0.1, 0.15) is 11.4 Å². The summed E-state index contributed by atoms with van der Waals surface area (Å²) in [6.07, 6.45) is 1.60. The van der Waals surface area contributed by atoms with E-state index in [1.807, 2.05) is 0 Å². The number of carbonyl (C=O) groups is 1. The Morgan fingerprint density at radius 1 is 0.968 bits per heavy atom. The van der Waals surface area contributed by atoms with Crippen molar-refractivity contribution in [1.82, 2.24) is 15.1 Å². The zero-order valence-corrected chi connectivity index (χ0v) is 18.8. The highest BCUT2D eigenvalue weighted by Gasteiger charge is 2.14. The van der Waals surface area contributed by atoms with Crippen LogP contribution in [0.15, 0.2) is 70.5 Å². The zero-order valence-electron chi connectivity index (χ0n) is 15.7. The Labute approximate surface area is 196 Å². The molecular weight excluding hydrogens is 479 g/mol. The van der Waals surface area contributed by atoms with Crippen LogP contribution in [-0.4, -0.2) is 26.8 Å².